The molecule has 0 radical (unpaired) electrons. The molecule has 0 saturated carbocycles. The molecule has 4 heteroatoms. The first kappa shape index (κ1) is 11.6. The molecule has 1 fully saturated rings. The lowest BCUT2D eigenvalue weighted by atomic mass is 9.96. The van der Waals surface area contributed by atoms with Gasteiger partial charge in [0.15, 0.2) is 0 Å². The van der Waals surface area contributed by atoms with Crippen molar-refractivity contribution < 1.29 is 9.59 Å². The molecule has 0 aromatic heterocycles. The number of nitrogens with zero attached hydrogens (tertiary/aromatic N) is 1. The third kappa shape index (κ3) is 2.50. The minimum absolute atomic E-state index is 0.0212. The molecule has 1 saturated heterocycles. The van der Waals surface area contributed by atoms with E-state index in [2.05, 4.69) is 5.92 Å². The number of hydrogen-bond acceptors (Lipinski definition) is 2. The Hall–Kier alpha value is -1.50. The molecule has 0 aromatic carbocycles. The van der Waals surface area contributed by atoms with Gasteiger partial charge in [0, 0.05) is 18.9 Å². The van der Waals surface area contributed by atoms with Gasteiger partial charge in [-0.15, -0.1) is 12.3 Å². The molecule has 82 valence electrons. The summed E-state index contributed by atoms with van der Waals surface area (Å²) in [7, 11) is 0. The predicted octanol–water partition coefficient (Wildman–Crippen LogP) is 0.122. The molecular formula is C11H16N2O2. The number of primary amides is 1. The molecule has 2 atom stereocenters. The van der Waals surface area contributed by atoms with Gasteiger partial charge in [-0.2, -0.15) is 0 Å². The van der Waals surface area contributed by atoms with E-state index < -0.39 is 11.9 Å². The summed E-state index contributed by atoms with van der Waals surface area (Å²) in [6.07, 6.45) is 6.99. The van der Waals surface area contributed by atoms with E-state index in [0.29, 0.717) is 25.8 Å². The highest BCUT2D eigenvalue weighted by atomic mass is 16.2. The quantitative estimate of drug-likeness (QED) is 0.670. The standard InChI is InChI=1S/C11H16N2O2/c1-3-8-5-6-10(14)13(7-8)9(4-2)11(12)15/h1,8-9H,4-7H2,2H3,(H2,12,15). The normalized spacial score (nSPS) is 23.3. The van der Waals surface area contributed by atoms with Gasteiger partial charge >= 0.3 is 0 Å². The van der Waals surface area contributed by atoms with Crippen molar-refractivity contribution in [2.45, 2.75) is 32.2 Å². The molecule has 2 amide bonds. The average molecular weight is 208 g/mol. The van der Waals surface area contributed by atoms with Crippen molar-refractivity contribution in [3.63, 3.8) is 0 Å². The fourth-order valence-electron chi connectivity index (χ4n) is 1.88. The van der Waals surface area contributed by atoms with Gasteiger partial charge < -0.3 is 10.6 Å². The minimum Gasteiger partial charge on any atom is -0.368 e. The first-order valence-corrected chi connectivity index (χ1v) is 5.15. The van der Waals surface area contributed by atoms with E-state index in [9.17, 15) is 9.59 Å². The zero-order chi connectivity index (χ0) is 11.4. The maximum atomic E-state index is 11.6. The van der Waals surface area contributed by atoms with E-state index in [1.54, 1.807) is 0 Å². The summed E-state index contributed by atoms with van der Waals surface area (Å²) >= 11 is 0. The lowest BCUT2D eigenvalue weighted by molar-refractivity contribution is -0.142. The van der Waals surface area contributed by atoms with Gasteiger partial charge in [-0.05, 0) is 12.8 Å². The molecule has 1 heterocycles. The molecule has 2 N–H and O–H groups in total. The maximum absolute atomic E-state index is 11.6. The first-order valence-electron chi connectivity index (χ1n) is 5.15. The molecule has 0 bridgehead atoms. The molecule has 1 aliphatic heterocycles. The number of carbonyl (C=O) groups excluding carboxylic acids is 2. The second-order valence-electron chi connectivity index (χ2n) is 3.77. The fraction of sp³-hybridized carbons (Fsp3) is 0.636. The van der Waals surface area contributed by atoms with Gasteiger partial charge in [-0.1, -0.05) is 6.92 Å². The van der Waals surface area contributed by atoms with Crippen LogP contribution in [0.2, 0.25) is 0 Å². The maximum Gasteiger partial charge on any atom is 0.240 e. The van der Waals surface area contributed by atoms with Crippen molar-refractivity contribution in [3.05, 3.63) is 0 Å². The first-order chi connectivity index (χ1) is 7.10. The fourth-order valence-corrected chi connectivity index (χ4v) is 1.88. The van der Waals surface area contributed by atoms with Crippen LogP contribution >= 0.6 is 0 Å². The smallest absolute Gasteiger partial charge is 0.240 e. The molecule has 1 aliphatic rings. The molecule has 4 nitrogen and oxygen atoms in total. The van der Waals surface area contributed by atoms with E-state index in [4.69, 9.17) is 12.2 Å². The Morgan fingerprint density at radius 2 is 2.47 bits per heavy atom. The zero-order valence-electron chi connectivity index (χ0n) is 8.90. The van der Waals surface area contributed by atoms with Crippen molar-refractivity contribution in [1.82, 2.24) is 4.90 Å². The van der Waals surface area contributed by atoms with Gasteiger partial charge in [-0.25, -0.2) is 0 Å². The number of terminal acetylenes is 1. The summed E-state index contributed by atoms with van der Waals surface area (Å²) in [5.41, 5.74) is 5.24. The van der Waals surface area contributed by atoms with Crippen LogP contribution in [-0.2, 0) is 9.59 Å². The van der Waals surface area contributed by atoms with Crippen molar-refractivity contribution >= 4 is 11.8 Å². The average Bonchev–Trinajstić information content (AvgIpc) is 2.21. The summed E-state index contributed by atoms with van der Waals surface area (Å²) in [6, 6.07) is -0.506. The monoisotopic (exact) mass is 208 g/mol. The van der Waals surface area contributed by atoms with E-state index in [0.717, 1.165) is 0 Å². The van der Waals surface area contributed by atoms with Crippen LogP contribution in [0.25, 0.3) is 0 Å². The summed E-state index contributed by atoms with van der Waals surface area (Å²) in [4.78, 5) is 24.3. The third-order valence-electron chi connectivity index (χ3n) is 2.77. The van der Waals surface area contributed by atoms with Crippen LogP contribution in [0.1, 0.15) is 26.2 Å². The van der Waals surface area contributed by atoms with E-state index >= 15 is 0 Å². The van der Waals surface area contributed by atoms with Crippen LogP contribution < -0.4 is 5.73 Å². The van der Waals surface area contributed by atoms with Gasteiger partial charge in [0.2, 0.25) is 11.8 Å². The number of nitrogens with two attached hydrogens (primary N) is 1. The molecule has 0 aliphatic carbocycles. The highest BCUT2D eigenvalue weighted by molar-refractivity contribution is 5.87. The third-order valence-corrected chi connectivity index (χ3v) is 2.77. The lowest BCUT2D eigenvalue weighted by Crippen LogP contribution is -2.51. The largest absolute Gasteiger partial charge is 0.368 e. The van der Waals surface area contributed by atoms with Crippen LogP contribution in [0.3, 0.4) is 0 Å². The highest BCUT2D eigenvalue weighted by Crippen LogP contribution is 2.20. The van der Waals surface area contributed by atoms with Crippen molar-refractivity contribution in [2.24, 2.45) is 11.7 Å². The van der Waals surface area contributed by atoms with Crippen LogP contribution in [-0.4, -0.2) is 29.3 Å². The summed E-state index contributed by atoms with van der Waals surface area (Å²) in [5.74, 6) is 2.20. The number of carbonyl (C=O) groups is 2. The number of rotatable bonds is 3. The van der Waals surface area contributed by atoms with Gasteiger partial charge in [0.1, 0.15) is 6.04 Å². The van der Waals surface area contributed by atoms with Crippen molar-refractivity contribution in [2.75, 3.05) is 6.54 Å². The SMILES string of the molecule is C#CC1CCC(=O)N(C(CC)C(N)=O)C1. The second kappa shape index (κ2) is 4.83. The Kier molecular flexibility index (Phi) is 3.73. The van der Waals surface area contributed by atoms with Crippen LogP contribution in [0, 0.1) is 18.3 Å². The number of hydrogen-bond donors (Lipinski definition) is 1. The van der Waals surface area contributed by atoms with Crippen molar-refractivity contribution in [3.8, 4) is 12.3 Å². The van der Waals surface area contributed by atoms with Gasteiger partial charge in [0.25, 0.3) is 0 Å². The van der Waals surface area contributed by atoms with Crippen molar-refractivity contribution in [1.29, 1.82) is 0 Å². The molecule has 15 heavy (non-hydrogen) atoms. The van der Waals surface area contributed by atoms with E-state index in [1.165, 1.54) is 4.90 Å². The summed E-state index contributed by atoms with van der Waals surface area (Å²) in [5, 5.41) is 0. The van der Waals surface area contributed by atoms with Gasteiger partial charge in [0.05, 0.1) is 0 Å². The zero-order valence-corrected chi connectivity index (χ0v) is 8.90. The highest BCUT2D eigenvalue weighted by Gasteiger charge is 2.31. The summed E-state index contributed by atoms with van der Waals surface area (Å²) < 4.78 is 0. The number of amides is 2. The summed E-state index contributed by atoms with van der Waals surface area (Å²) in [6.45, 7) is 2.29. The lowest BCUT2D eigenvalue weighted by Gasteiger charge is -2.34. The molecule has 0 aromatic rings. The topological polar surface area (TPSA) is 63.4 Å². The number of piperidine rings is 1. The molecular weight excluding hydrogens is 192 g/mol. The second-order valence-corrected chi connectivity index (χ2v) is 3.77. The van der Waals surface area contributed by atoms with E-state index in [-0.39, 0.29) is 11.8 Å². The Morgan fingerprint density at radius 3 is 2.93 bits per heavy atom. The van der Waals surface area contributed by atoms with Crippen LogP contribution in [0.4, 0.5) is 0 Å². The van der Waals surface area contributed by atoms with Gasteiger partial charge in [-0.3, -0.25) is 9.59 Å². The molecule has 0 spiro atoms. The molecule has 1 rings (SSSR count). The minimum atomic E-state index is -0.506. The number of likely N-dealkylation sites (tertiary alicyclic amines) is 1. The van der Waals surface area contributed by atoms with E-state index in [1.807, 2.05) is 6.92 Å². The van der Waals surface area contributed by atoms with Crippen LogP contribution in [0.5, 0.6) is 0 Å². The Morgan fingerprint density at radius 1 is 1.80 bits per heavy atom. The van der Waals surface area contributed by atoms with Crippen LogP contribution in [0.15, 0.2) is 0 Å². The Bertz CT molecular complexity index is 306. The molecule has 2 unspecified atom stereocenters. The Labute approximate surface area is 89.8 Å². The Balaban J connectivity index is 2.77. The predicted molar refractivity (Wildman–Crippen MR) is 56.5 cm³/mol.